The first-order valence-corrected chi connectivity index (χ1v) is 6.68. The number of aromatic nitrogens is 6. The Bertz CT molecular complexity index is 866. The summed E-state index contributed by atoms with van der Waals surface area (Å²) < 4.78 is 10.3. The Kier molecular flexibility index (Phi) is 2.27. The van der Waals surface area contributed by atoms with Crippen molar-refractivity contribution in [3.63, 3.8) is 0 Å². The average Bonchev–Trinajstić information content (AvgIpc) is 3.09. The van der Waals surface area contributed by atoms with Crippen molar-refractivity contribution in [3.8, 4) is 11.3 Å². The molecule has 0 spiro atoms. The summed E-state index contributed by atoms with van der Waals surface area (Å²) >= 11 is 1.35. The van der Waals surface area contributed by atoms with Gasteiger partial charge in [-0.3, -0.25) is 9.97 Å². The molecular weight excluding hydrogens is 276 g/mol. The van der Waals surface area contributed by atoms with Crippen LogP contribution in [-0.2, 0) is 0 Å². The quantitative estimate of drug-likeness (QED) is 0.529. The van der Waals surface area contributed by atoms with Crippen LogP contribution in [0, 0.1) is 13.8 Å². The molecule has 4 heterocycles. The Labute approximate surface area is 116 Å². The maximum Gasteiger partial charge on any atom is 0.200 e. The number of hydrogen-bond donors (Lipinski definition) is 0. The third-order valence-electron chi connectivity index (χ3n) is 3.18. The predicted octanol–water partition coefficient (Wildman–Crippen LogP) is 2.30. The zero-order valence-corrected chi connectivity index (χ0v) is 11.5. The third kappa shape index (κ3) is 1.45. The fourth-order valence-corrected chi connectivity index (χ4v) is 2.76. The monoisotopic (exact) mass is 284 g/mol. The Morgan fingerprint density at radius 1 is 1.05 bits per heavy atom. The minimum absolute atomic E-state index is 0.572. The van der Waals surface area contributed by atoms with Gasteiger partial charge in [-0.05, 0) is 30.9 Å². The Hall–Kier alpha value is -2.48. The average molecular weight is 284 g/mol. The van der Waals surface area contributed by atoms with Crippen molar-refractivity contribution in [1.82, 2.24) is 29.9 Å². The summed E-state index contributed by atoms with van der Waals surface area (Å²) in [6, 6.07) is 0. The van der Waals surface area contributed by atoms with Crippen molar-refractivity contribution in [3.05, 3.63) is 23.7 Å². The summed E-state index contributed by atoms with van der Waals surface area (Å²) in [6.07, 6.45) is 3.51. The van der Waals surface area contributed by atoms with Gasteiger partial charge in [-0.2, -0.15) is 0 Å². The largest absolute Gasteiger partial charge is 0.336 e. The summed E-state index contributed by atoms with van der Waals surface area (Å²) in [5.74, 6) is 0. The Morgan fingerprint density at radius 2 is 1.95 bits per heavy atom. The number of rotatable bonds is 1. The summed E-state index contributed by atoms with van der Waals surface area (Å²) in [5.41, 5.74) is 5.20. The standard InChI is InChI=1S/C12H8N6OS/c1-5-3-14-9(10-12(5)20-18-16-10)7-4-13-6(2)8-11(7)19-17-15-8/h3-4H,1-2H3. The molecule has 0 N–H and O–H groups in total. The van der Waals surface area contributed by atoms with Crippen molar-refractivity contribution in [2.24, 2.45) is 0 Å². The van der Waals surface area contributed by atoms with Crippen molar-refractivity contribution < 1.29 is 4.52 Å². The van der Waals surface area contributed by atoms with E-state index in [-0.39, 0.29) is 0 Å². The van der Waals surface area contributed by atoms with Gasteiger partial charge in [-0.25, -0.2) is 0 Å². The van der Waals surface area contributed by atoms with Crippen LogP contribution in [0.3, 0.4) is 0 Å². The van der Waals surface area contributed by atoms with Gasteiger partial charge in [-0.15, -0.1) is 10.2 Å². The molecule has 0 fully saturated rings. The number of fused-ring (bicyclic) bond motifs is 2. The van der Waals surface area contributed by atoms with E-state index in [1.165, 1.54) is 11.5 Å². The third-order valence-corrected chi connectivity index (χ3v) is 4.04. The molecule has 0 radical (unpaired) electrons. The highest BCUT2D eigenvalue weighted by Gasteiger charge is 2.18. The summed E-state index contributed by atoms with van der Waals surface area (Å²) in [4.78, 5) is 8.78. The molecule has 0 aliphatic rings. The van der Waals surface area contributed by atoms with Gasteiger partial charge in [0.25, 0.3) is 0 Å². The molecule has 4 aromatic heterocycles. The van der Waals surface area contributed by atoms with Crippen molar-refractivity contribution in [2.45, 2.75) is 13.8 Å². The summed E-state index contributed by atoms with van der Waals surface area (Å²) in [7, 11) is 0. The molecule has 0 atom stereocenters. The van der Waals surface area contributed by atoms with Gasteiger partial charge in [0.15, 0.2) is 11.1 Å². The molecule has 4 aromatic rings. The van der Waals surface area contributed by atoms with E-state index >= 15 is 0 Å². The van der Waals surface area contributed by atoms with Gasteiger partial charge >= 0.3 is 0 Å². The molecule has 8 heteroatoms. The highest BCUT2D eigenvalue weighted by atomic mass is 32.1. The van der Waals surface area contributed by atoms with Crippen LogP contribution in [0.2, 0.25) is 0 Å². The summed E-state index contributed by atoms with van der Waals surface area (Å²) in [6.45, 7) is 3.84. The molecule has 0 aromatic carbocycles. The molecular formula is C12H8N6OS. The van der Waals surface area contributed by atoms with Crippen LogP contribution in [-0.4, -0.2) is 29.9 Å². The van der Waals surface area contributed by atoms with Crippen LogP contribution < -0.4 is 0 Å². The van der Waals surface area contributed by atoms with Gasteiger partial charge in [0, 0.05) is 17.7 Å². The lowest BCUT2D eigenvalue weighted by atomic mass is 10.1. The number of aryl methyl sites for hydroxylation is 2. The predicted molar refractivity (Wildman–Crippen MR) is 73.3 cm³/mol. The molecule has 0 bridgehead atoms. The van der Waals surface area contributed by atoms with E-state index in [1.54, 1.807) is 12.4 Å². The first kappa shape index (κ1) is 11.4. The minimum atomic E-state index is 0.572. The lowest BCUT2D eigenvalue weighted by molar-refractivity contribution is 0.424. The molecule has 0 aliphatic carbocycles. The second-order valence-electron chi connectivity index (χ2n) is 4.45. The summed E-state index contributed by atoms with van der Waals surface area (Å²) in [5, 5.41) is 11.7. The van der Waals surface area contributed by atoms with E-state index in [0.717, 1.165) is 27.0 Å². The van der Waals surface area contributed by atoms with Crippen LogP contribution in [0.15, 0.2) is 16.9 Å². The molecule has 20 heavy (non-hydrogen) atoms. The molecule has 98 valence electrons. The van der Waals surface area contributed by atoms with Gasteiger partial charge < -0.3 is 4.52 Å². The number of pyridine rings is 2. The van der Waals surface area contributed by atoms with Gasteiger partial charge in [0.2, 0.25) is 0 Å². The van der Waals surface area contributed by atoms with Crippen molar-refractivity contribution in [2.75, 3.05) is 0 Å². The molecule has 0 saturated heterocycles. The molecule has 4 rings (SSSR count). The van der Waals surface area contributed by atoms with Crippen LogP contribution >= 0.6 is 11.5 Å². The Balaban J connectivity index is 2.12. The van der Waals surface area contributed by atoms with Gasteiger partial charge in [-0.1, -0.05) is 4.49 Å². The van der Waals surface area contributed by atoms with E-state index in [1.807, 2.05) is 13.8 Å². The second kappa shape index (κ2) is 4.01. The topological polar surface area (TPSA) is 90.5 Å². The lowest BCUT2D eigenvalue weighted by Gasteiger charge is -2.03. The molecule has 0 aliphatic heterocycles. The first-order chi connectivity index (χ1) is 9.75. The number of hydrogen-bond acceptors (Lipinski definition) is 8. The maximum atomic E-state index is 5.25. The van der Waals surface area contributed by atoms with Crippen LogP contribution in [0.1, 0.15) is 11.3 Å². The SMILES string of the molecule is Cc1ncc(-c2ncc(C)c3snnc23)c2onnc12. The minimum Gasteiger partial charge on any atom is -0.336 e. The first-order valence-electron chi connectivity index (χ1n) is 5.91. The van der Waals surface area contributed by atoms with E-state index < -0.39 is 0 Å². The van der Waals surface area contributed by atoms with E-state index in [2.05, 4.69) is 29.9 Å². The second-order valence-corrected chi connectivity index (χ2v) is 5.20. The smallest absolute Gasteiger partial charge is 0.200 e. The molecule has 0 unspecified atom stereocenters. The van der Waals surface area contributed by atoms with Crippen molar-refractivity contribution in [1.29, 1.82) is 0 Å². The molecule has 7 nitrogen and oxygen atoms in total. The Morgan fingerprint density at radius 3 is 2.85 bits per heavy atom. The van der Waals surface area contributed by atoms with E-state index in [9.17, 15) is 0 Å². The highest BCUT2D eigenvalue weighted by molar-refractivity contribution is 7.13. The van der Waals surface area contributed by atoms with Gasteiger partial charge in [0.05, 0.1) is 16.0 Å². The fraction of sp³-hybridized carbons (Fsp3) is 0.167. The normalized spacial score (nSPS) is 11.5. The fourth-order valence-electron chi connectivity index (χ4n) is 2.14. The van der Waals surface area contributed by atoms with Crippen molar-refractivity contribution >= 4 is 32.8 Å². The molecule has 0 saturated carbocycles. The number of nitrogens with zero attached hydrogens (tertiary/aromatic N) is 6. The van der Waals surface area contributed by atoms with Gasteiger partial charge in [0.1, 0.15) is 11.2 Å². The van der Waals surface area contributed by atoms with Crippen LogP contribution in [0.4, 0.5) is 0 Å². The van der Waals surface area contributed by atoms with Crippen LogP contribution in [0.5, 0.6) is 0 Å². The lowest BCUT2D eigenvalue weighted by Crippen LogP contribution is -1.91. The van der Waals surface area contributed by atoms with Crippen LogP contribution in [0.25, 0.3) is 32.6 Å². The highest BCUT2D eigenvalue weighted by Crippen LogP contribution is 2.32. The maximum absolute atomic E-state index is 5.25. The van der Waals surface area contributed by atoms with E-state index in [0.29, 0.717) is 16.8 Å². The molecule has 0 amide bonds. The zero-order chi connectivity index (χ0) is 13.7. The van der Waals surface area contributed by atoms with E-state index in [4.69, 9.17) is 4.52 Å². The zero-order valence-electron chi connectivity index (χ0n) is 10.7.